The highest BCUT2D eigenvalue weighted by atomic mass is 19.4. The number of nitrogens with zero attached hydrogens (tertiary/aromatic N) is 2. The molecule has 0 bridgehead atoms. The third-order valence-corrected chi connectivity index (χ3v) is 9.53. The predicted octanol–water partition coefficient (Wildman–Crippen LogP) is 8.86. The predicted molar refractivity (Wildman–Crippen MR) is 195 cm³/mol. The van der Waals surface area contributed by atoms with Crippen LogP contribution in [0.3, 0.4) is 0 Å². The number of likely N-dealkylation sites (N-methyl/N-ethyl adjacent to an activating group) is 1. The molecule has 2 N–H and O–H groups in total. The highest BCUT2D eigenvalue weighted by Crippen LogP contribution is 2.38. The maximum Gasteiger partial charge on any atom is 0.416 e. The van der Waals surface area contributed by atoms with Crippen LogP contribution in [0, 0.1) is 5.92 Å². The quantitative estimate of drug-likeness (QED) is 0.139. The van der Waals surface area contributed by atoms with Gasteiger partial charge in [-0.1, -0.05) is 37.3 Å². The topological polar surface area (TPSA) is 91.3 Å². The maximum atomic E-state index is 13.8. The van der Waals surface area contributed by atoms with E-state index >= 15 is 0 Å². The standard InChI is InChI=1S/C41H40F9N3O5/c1-24-19-53(25(2)22-54)38(56)33-5-4-6-34(51-36(55)17-26-7-11-29(12-8-26)39(42,43)44)37(33)58-35(24)21-52(3)20-27-9-13-32(14-10-27)57-23-28-15-30(40(45,46)47)18-31(16-28)41(48,49)50/h4-16,18,24-25,35,54H,17,19-23H2,1-3H3,(H,51,55)/t24-,25+,35-/m1/s1. The van der Waals surface area contributed by atoms with Crippen LogP contribution < -0.4 is 14.8 Å². The average Bonchev–Trinajstić information content (AvgIpc) is 3.15. The zero-order valence-electron chi connectivity index (χ0n) is 31.4. The van der Waals surface area contributed by atoms with E-state index in [4.69, 9.17) is 9.47 Å². The highest BCUT2D eigenvalue weighted by Gasteiger charge is 2.38. The van der Waals surface area contributed by atoms with E-state index in [2.05, 4.69) is 5.32 Å². The molecule has 3 atom stereocenters. The molecule has 0 saturated heterocycles. The van der Waals surface area contributed by atoms with E-state index in [0.29, 0.717) is 30.8 Å². The van der Waals surface area contributed by atoms with Crippen LogP contribution >= 0.6 is 0 Å². The number of amides is 2. The van der Waals surface area contributed by atoms with Crippen LogP contribution in [0.2, 0.25) is 0 Å². The van der Waals surface area contributed by atoms with Gasteiger partial charge in [-0.25, -0.2) is 0 Å². The first-order valence-corrected chi connectivity index (χ1v) is 18.0. The second kappa shape index (κ2) is 17.7. The summed E-state index contributed by atoms with van der Waals surface area (Å²) in [6.07, 6.45) is -15.4. The number of hydrogen-bond acceptors (Lipinski definition) is 6. The Morgan fingerprint density at radius 1 is 0.862 bits per heavy atom. The van der Waals surface area contributed by atoms with Gasteiger partial charge in [-0.05, 0) is 85.3 Å². The van der Waals surface area contributed by atoms with Crippen molar-refractivity contribution in [2.24, 2.45) is 5.92 Å². The second-order valence-electron chi connectivity index (χ2n) is 14.3. The van der Waals surface area contributed by atoms with Crippen molar-refractivity contribution >= 4 is 17.5 Å². The van der Waals surface area contributed by atoms with Crippen LogP contribution in [-0.4, -0.2) is 65.6 Å². The minimum Gasteiger partial charge on any atom is -0.489 e. The molecule has 0 saturated carbocycles. The molecule has 2 amide bonds. The van der Waals surface area contributed by atoms with Gasteiger partial charge in [0.25, 0.3) is 5.91 Å². The van der Waals surface area contributed by atoms with Crippen molar-refractivity contribution < 1.29 is 63.7 Å². The minimum atomic E-state index is -4.99. The molecule has 58 heavy (non-hydrogen) atoms. The summed E-state index contributed by atoms with van der Waals surface area (Å²) in [4.78, 5) is 30.4. The molecular formula is C41H40F9N3O5. The van der Waals surface area contributed by atoms with Crippen molar-refractivity contribution in [2.45, 2.75) is 64.1 Å². The molecule has 1 aliphatic heterocycles. The Kier molecular flexibility index (Phi) is 13.4. The number of benzene rings is 4. The molecule has 8 nitrogen and oxygen atoms in total. The van der Waals surface area contributed by atoms with Crippen molar-refractivity contribution in [1.82, 2.24) is 9.80 Å². The van der Waals surface area contributed by atoms with Crippen molar-refractivity contribution in [1.29, 1.82) is 0 Å². The molecule has 0 fully saturated rings. The fourth-order valence-electron chi connectivity index (χ4n) is 6.39. The van der Waals surface area contributed by atoms with E-state index in [0.717, 1.165) is 17.7 Å². The van der Waals surface area contributed by atoms with Gasteiger partial charge in [-0.2, -0.15) is 39.5 Å². The van der Waals surface area contributed by atoms with Crippen molar-refractivity contribution in [3.8, 4) is 11.5 Å². The number of fused-ring (bicyclic) bond motifs is 1. The maximum absolute atomic E-state index is 13.8. The number of halogens is 9. The fourth-order valence-corrected chi connectivity index (χ4v) is 6.39. The molecular weight excluding hydrogens is 785 g/mol. The fraction of sp³-hybridized carbons (Fsp3) is 0.366. The molecule has 0 spiro atoms. The van der Waals surface area contributed by atoms with Crippen LogP contribution in [0.1, 0.15) is 57.6 Å². The van der Waals surface area contributed by atoms with Crippen LogP contribution in [0.4, 0.5) is 45.2 Å². The largest absolute Gasteiger partial charge is 0.489 e. The van der Waals surface area contributed by atoms with Crippen LogP contribution in [0.5, 0.6) is 11.5 Å². The first-order valence-electron chi connectivity index (χ1n) is 18.0. The van der Waals surface area contributed by atoms with Gasteiger partial charge in [0, 0.05) is 25.6 Å². The van der Waals surface area contributed by atoms with E-state index in [1.54, 1.807) is 25.1 Å². The molecule has 1 aliphatic rings. The SMILES string of the molecule is C[C@@H]1CN([C@@H](C)CO)C(=O)c2cccc(NC(=O)Cc3ccc(C(F)(F)F)cc3)c2O[C@@H]1CN(C)Cc1ccc(OCc2cc(C(F)(F)F)cc(C(F)(F)F)c2)cc1. The number of aliphatic hydroxyl groups is 1. The van der Waals surface area contributed by atoms with Gasteiger partial charge in [0.2, 0.25) is 5.91 Å². The van der Waals surface area contributed by atoms with E-state index in [-0.39, 0.29) is 59.9 Å². The first kappa shape index (κ1) is 43.8. The number of carbonyl (C=O) groups is 2. The van der Waals surface area contributed by atoms with Gasteiger partial charge >= 0.3 is 18.5 Å². The number of para-hydroxylation sites is 1. The van der Waals surface area contributed by atoms with Crippen molar-refractivity contribution in [3.05, 3.63) is 124 Å². The van der Waals surface area contributed by atoms with E-state index in [9.17, 15) is 54.2 Å². The normalized spacial score (nSPS) is 16.9. The summed E-state index contributed by atoms with van der Waals surface area (Å²) in [5.41, 5.74) is -2.65. The van der Waals surface area contributed by atoms with E-state index < -0.39 is 65.8 Å². The molecule has 5 rings (SSSR count). The monoisotopic (exact) mass is 825 g/mol. The number of alkyl halides is 9. The summed E-state index contributed by atoms with van der Waals surface area (Å²) in [5, 5.41) is 12.7. The Hall–Kier alpha value is -5.29. The lowest BCUT2D eigenvalue weighted by molar-refractivity contribution is -0.143. The summed E-state index contributed by atoms with van der Waals surface area (Å²) >= 11 is 0. The number of aliphatic hydroxyl groups excluding tert-OH is 1. The number of rotatable bonds is 12. The molecule has 4 aromatic rings. The smallest absolute Gasteiger partial charge is 0.416 e. The molecule has 0 aromatic heterocycles. The Morgan fingerprint density at radius 2 is 1.45 bits per heavy atom. The number of anilines is 1. The Bertz CT molecular complexity index is 2020. The zero-order valence-corrected chi connectivity index (χ0v) is 31.4. The van der Waals surface area contributed by atoms with Crippen LogP contribution in [0.25, 0.3) is 0 Å². The first-order chi connectivity index (χ1) is 27.1. The second-order valence-corrected chi connectivity index (χ2v) is 14.3. The van der Waals surface area contributed by atoms with Gasteiger partial charge in [-0.15, -0.1) is 0 Å². The van der Waals surface area contributed by atoms with E-state index in [1.807, 2.05) is 18.9 Å². The molecule has 4 aromatic carbocycles. The Labute approximate surface area is 328 Å². The van der Waals surface area contributed by atoms with Crippen molar-refractivity contribution in [2.75, 3.05) is 32.1 Å². The number of ether oxygens (including phenoxy) is 2. The molecule has 0 unspecified atom stereocenters. The lowest BCUT2D eigenvalue weighted by Gasteiger charge is -2.38. The summed E-state index contributed by atoms with van der Waals surface area (Å²) in [6, 6.07) is 15.9. The summed E-state index contributed by atoms with van der Waals surface area (Å²) < 4.78 is 131. The van der Waals surface area contributed by atoms with Gasteiger partial charge in [0.1, 0.15) is 18.5 Å². The molecule has 1 heterocycles. The summed E-state index contributed by atoms with van der Waals surface area (Å²) in [7, 11) is 1.81. The number of carbonyl (C=O) groups excluding carboxylic acids is 2. The molecule has 17 heteroatoms. The Balaban J connectivity index is 1.30. The Morgan fingerprint density at radius 3 is 2.02 bits per heavy atom. The summed E-state index contributed by atoms with van der Waals surface area (Å²) in [5.74, 6) is -1.03. The number of nitrogens with one attached hydrogen (secondary N) is 1. The van der Waals surface area contributed by atoms with Crippen LogP contribution in [-0.2, 0) is 42.9 Å². The van der Waals surface area contributed by atoms with Crippen LogP contribution in [0.15, 0.2) is 84.9 Å². The third kappa shape index (κ3) is 11.2. The van der Waals surface area contributed by atoms with Gasteiger partial charge in [-0.3, -0.25) is 14.5 Å². The van der Waals surface area contributed by atoms with Gasteiger partial charge < -0.3 is 24.8 Å². The number of hydrogen-bond donors (Lipinski definition) is 2. The van der Waals surface area contributed by atoms with Crippen molar-refractivity contribution in [3.63, 3.8) is 0 Å². The minimum absolute atomic E-state index is 0.0496. The van der Waals surface area contributed by atoms with Gasteiger partial charge in [0.15, 0.2) is 5.75 Å². The lowest BCUT2D eigenvalue weighted by Crippen LogP contribution is -2.49. The lowest BCUT2D eigenvalue weighted by atomic mass is 9.98. The van der Waals surface area contributed by atoms with E-state index in [1.165, 1.54) is 41.3 Å². The molecule has 312 valence electrons. The average molecular weight is 826 g/mol. The molecule has 0 radical (unpaired) electrons. The summed E-state index contributed by atoms with van der Waals surface area (Å²) in [6.45, 7) is 3.55. The molecule has 0 aliphatic carbocycles. The highest BCUT2D eigenvalue weighted by molar-refractivity contribution is 6.02. The third-order valence-electron chi connectivity index (χ3n) is 9.53. The zero-order chi connectivity index (χ0) is 42.6. The van der Waals surface area contributed by atoms with Gasteiger partial charge in [0.05, 0.1) is 47.0 Å².